The van der Waals surface area contributed by atoms with E-state index in [1.165, 1.54) is 4.90 Å². The normalized spacial score (nSPS) is 12.7. The Morgan fingerprint density at radius 2 is 2.33 bits per heavy atom. The van der Waals surface area contributed by atoms with Gasteiger partial charge in [0.1, 0.15) is 0 Å². The van der Waals surface area contributed by atoms with Crippen LogP contribution in [0.4, 0.5) is 0 Å². The lowest BCUT2D eigenvalue weighted by Gasteiger charge is -2.05. The molecule has 0 aliphatic carbocycles. The summed E-state index contributed by atoms with van der Waals surface area (Å²) in [6, 6.07) is 4.07. The van der Waals surface area contributed by atoms with Crippen LogP contribution < -0.4 is 5.73 Å². The molecule has 0 unspecified atom stereocenters. The summed E-state index contributed by atoms with van der Waals surface area (Å²) in [6.07, 6.45) is 2.95. The first-order valence-corrected chi connectivity index (χ1v) is 6.06. The number of hydrogen-bond acceptors (Lipinski definition) is 4. The zero-order valence-electron chi connectivity index (χ0n) is 9.27. The second-order valence-electron chi connectivity index (χ2n) is 3.40. The maximum Gasteiger partial charge on any atom is 0.0569 e. The summed E-state index contributed by atoms with van der Waals surface area (Å²) in [6.45, 7) is 2.76. The van der Waals surface area contributed by atoms with Gasteiger partial charge in [0, 0.05) is 36.6 Å². The van der Waals surface area contributed by atoms with Crippen molar-refractivity contribution in [3.63, 3.8) is 0 Å². The highest BCUT2D eigenvalue weighted by molar-refractivity contribution is 7.99. The lowest BCUT2D eigenvalue weighted by molar-refractivity contribution is 0.200. The van der Waals surface area contributed by atoms with Gasteiger partial charge in [-0.05, 0) is 25.5 Å². The molecular weight excluding hydrogens is 208 g/mol. The van der Waals surface area contributed by atoms with Gasteiger partial charge >= 0.3 is 0 Å². The third-order valence-corrected chi connectivity index (χ3v) is 3.05. The first-order chi connectivity index (χ1) is 7.24. The average molecular weight is 226 g/mol. The Balaban J connectivity index is 2.36. The Labute approximate surface area is 95.4 Å². The lowest BCUT2D eigenvalue weighted by atomic mass is 10.2. The molecule has 1 atom stereocenters. The molecule has 0 amide bonds. The summed E-state index contributed by atoms with van der Waals surface area (Å²) < 4.78 is 4.98. The van der Waals surface area contributed by atoms with Crippen LogP contribution in [0.15, 0.2) is 23.2 Å². The van der Waals surface area contributed by atoms with Crippen LogP contribution in [0, 0.1) is 0 Å². The average Bonchev–Trinajstić information content (AvgIpc) is 2.25. The summed E-state index contributed by atoms with van der Waals surface area (Å²) in [5.41, 5.74) is 6.66. The van der Waals surface area contributed by atoms with Gasteiger partial charge in [-0.15, -0.1) is 11.8 Å². The van der Waals surface area contributed by atoms with Crippen LogP contribution in [-0.4, -0.2) is 24.5 Å². The lowest BCUT2D eigenvalue weighted by Crippen LogP contribution is -2.06. The van der Waals surface area contributed by atoms with Crippen LogP contribution in [0.1, 0.15) is 25.1 Å². The monoisotopic (exact) mass is 226 g/mol. The van der Waals surface area contributed by atoms with Crippen LogP contribution in [0.25, 0.3) is 0 Å². The Morgan fingerprint density at radius 3 is 2.87 bits per heavy atom. The second kappa shape index (κ2) is 6.82. The van der Waals surface area contributed by atoms with E-state index in [0.29, 0.717) is 0 Å². The summed E-state index contributed by atoms with van der Waals surface area (Å²) in [5.74, 6) is 1.06. The van der Waals surface area contributed by atoms with Crippen molar-refractivity contribution in [3.8, 4) is 0 Å². The highest BCUT2D eigenvalue weighted by Gasteiger charge is 2.00. The fraction of sp³-hybridized carbons (Fsp3) is 0.545. The molecule has 2 N–H and O–H groups in total. The van der Waals surface area contributed by atoms with Crippen LogP contribution in [0.2, 0.25) is 0 Å². The maximum absolute atomic E-state index is 5.72. The van der Waals surface area contributed by atoms with Crippen molar-refractivity contribution >= 4 is 11.8 Å². The quantitative estimate of drug-likeness (QED) is 0.597. The van der Waals surface area contributed by atoms with E-state index in [-0.39, 0.29) is 6.04 Å². The van der Waals surface area contributed by atoms with E-state index in [4.69, 9.17) is 10.5 Å². The van der Waals surface area contributed by atoms with E-state index in [1.807, 2.05) is 19.2 Å². The van der Waals surface area contributed by atoms with Gasteiger partial charge in [-0.25, -0.2) is 0 Å². The minimum atomic E-state index is 0.0116. The standard InChI is InChI=1S/C11H18N2OS/c1-9(12)11-5-4-10(8-13-11)15-7-3-6-14-2/h4-5,8-9H,3,6-7,12H2,1-2H3/t9-/m1/s1. The van der Waals surface area contributed by atoms with Crippen LogP contribution in [-0.2, 0) is 4.74 Å². The number of rotatable bonds is 6. The molecule has 3 nitrogen and oxygen atoms in total. The van der Waals surface area contributed by atoms with Gasteiger partial charge in [-0.1, -0.05) is 0 Å². The molecule has 0 aliphatic rings. The summed E-state index contributed by atoms with van der Waals surface area (Å²) in [4.78, 5) is 5.49. The first-order valence-electron chi connectivity index (χ1n) is 5.07. The molecule has 0 radical (unpaired) electrons. The Bertz CT molecular complexity index is 274. The largest absolute Gasteiger partial charge is 0.385 e. The molecular formula is C11H18N2OS. The van der Waals surface area contributed by atoms with Gasteiger partial charge < -0.3 is 10.5 Å². The van der Waals surface area contributed by atoms with Gasteiger partial charge in [-0.3, -0.25) is 4.98 Å². The van der Waals surface area contributed by atoms with E-state index >= 15 is 0 Å². The van der Waals surface area contributed by atoms with E-state index in [9.17, 15) is 0 Å². The molecule has 84 valence electrons. The van der Waals surface area contributed by atoms with Crippen LogP contribution in [0.3, 0.4) is 0 Å². The number of aromatic nitrogens is 1. The summed E-state index contributed by atoms with van der Waals surface area (Å²) >= 11 is 1.80. The van der Waals surface area contributed by atoms with Crippen molar-refractivity contribution in [1.29, 1.82) is 0 Å². The molecule has 1 heterocycles. The van der Waals surface area contributed by atoms with Crippen molar-refractivity contribution in [2.45, 2.75) is 24.3 Å². The van der Waals surface area contributed by atoms with Crippen molar-refractivity contribution in [1.82, 2.24) is 4.98 Å². The zero-order chi connectivity index (χ0) is 11.1. The van der Waals surface area contributed by atoms with Crippen molar-refractivity contribution < 1.29 is 4.74 Å². The van der Waals surface area contributed by atoms with E-state index in [2.05, 4.69) is 11.1 Å². The SMILES string of the molecule is COCCCSc1ccc([C@@H](C)N)nc1. The molecule has 1 aromatic rings. The fourth-order valence-electron chi connectivity index (χ4n) is 1.14. The van der Waals surface area contributed by atoms with Crippen molar-refractivity contribution in [2.24, 2.45) is 5.73 Å². The van der Waals surface area contributed by atoms with E-state index in [1.54, 1.807) is 18.9 Å². The van der Waals surface area contributed by atoms with E-state index < -0.39 is 0 Å². The molecule has 0 saturated heterocycles. The second-order valence-corrected chi connectivity index (χ2v) is 4.57. The predicted octanol–water partition coefficient (Wildman–Crippen LogP) is 2.23. The van der Waals surface area contributed by atoms with Crippen LogP contribution in [0.5, 0.6) is 0 Å². The van der Waals surface area contributed by atoms with Gasteiger partial charge in [-0.2, -0.15) is 0 Å². The minimum Gasteiger partial charge on any atom is -0.385 e. The van der Waals surface area contributed by atoms with E-state index in [0.717, 1.165) is 24.5 Å². The topological polar surface area (TPSA) is 48.1 Å². The summed E-state index contributed by atoms with van der Waals surface area (Å²) in [5, 5.41) is 0. The molecule has 0 fully saturated rings. The number of thioether (sulfide) groups is 1. The number of nitrogens with zero attached hydrogens (tertiary/aromatic N) is 1. The predicted molar refractivity (Wildman–Crippen MR) is 64.1 cm³/mol. The fourth-order valence-corrected chi connectivity index (χ4v) is 1.93. The molecule has 0 aromatic carbocycles. The molecule has 0 spiro atoms. The molecule has 1 rings (SSSR count). The van der Waals surface area contributed by atoms with Gasteiger partial charge in [0.2, 0.25) is 0 Å². The molecule has 15 heavy (non-hydrogen) atoms. The van der Waals surface area contributed by atoms with Crippen molar-refractivity contribution in [2.75, 3.05) is 19.5 Å². The number of hydrogen-bond donors (Lipinski definition) is 1. The third-order valence-electron chi connectivity index (χ3n) is 1.99. The van der Waals surface area contributed by atoms with Gasteiger partial charge in [0.15, 0.2) is 0 Å². The third kappa shape index (κ3) is 4.64. The highest BCUT2D eigenvalue weighted by atomic mass is 32.2. The Hall–Kier alpha value is -0.580. The molecule has 0 aliphatic heterocycles. The molecule has 0 saturated carbocycles. The smallest absolute Gasteiger partial charge is 0.0569 e. The molecule has 1 aromatic heterocycles. The number of pyridine rings is 1. The Kier molecular flexibility index (Phi) is 5.68. The minimum absolute atomic E-state index is 0.0116. The molecule has 4 heteroatoms. The maximum atomic E-state index is 5.72. The number of ether oxygens (including phenoxy) is 1. The highest BCUT2D eigenvalue weighted by Crippen LogP contribution is 2.18. The number of methoxy groups -OCH3 is 1. The summed E-state index contributed by atoms with van der Waals surface area (Å²) in [7, 11) is 1.73. The number of nitrogens with two attached hydrogens (primary N) is 1. The van der Waals surface area contributed by atoms with Gasteiger partial charge in [0.25, 0.3) is 0 Å². The Morgan fingerprint density at radius 1 is 1.53 bits per heavy atom. The zero-order valence-corrected chi connectivity index (χ0v) is 10.1. The molecule has 0 bridgehead atoms. The van der Waals surface area contributed by atoms with Crippen molar-refractivity contribution in [3.05, 3.63) is 24.0 Å². The van der Waals surface area contributed by atoms with Crippen LogP contribution >= 0.6 is 11.8 Å². The first kappa shape index (κ1) is 12.5. The van der Waals surface area contributed by atoms with Gasteiger partial charge in [0.05, 0.1) is 5.69 Å².